The number of fused-ring (bicyclic) bond motifs is 1. The molecule has 3 aromatic rings. The molecule has 1 aromatic heterocycles. The Morgan fingerprint density at radius 3 is 2.61 bits per heavy atom. The Morgan fingerprint density at radius 1 is 1.00 bits per heavy atom. The summed E-state index contributed by atoms with van der Waals surface area (Å²) in [5.74, 6) is 0.823. The summed E-state index contributed by atoms with van der Waals surface area (Å²) in [5.41, 5.74) is 2.93. The molecule has 2 aromatic carbocycles. The minimum atomic E-state index is 0.707. The predicted octanol–water partition coefficient (Wildman–Crippen LogP) is 4.77. The summed E-state index contributed by atoms with van der Waals surface area (Å²) >= 11 is 6.35. The number of aryl methyl sites for hydroxylation is 1. The molecule has 6 heteroatoms. The lowest BCUT2D eigenvalue weighted by Gasteiger charge is -2.22. The Bertz CT molecular complexity index is 1070. The monoisotopic (exact) mass is 436 g/mol. The molecule has 1 fully saturated rings. The van der Waals surface area contributed by atoms with Crippen molar-refractivity contribution in [2.24, 2.45) is 0 Å². The van der Waals surface area contributed by atoms with Crippen molar-refractivity contribution in [3.8, 4) is 11.8 Å². The zero-order chi connectivity index (χ0) is 21.6. The summed E-state index contributed by atoms with van der Waals surface area (Å²) in [6, 6.07) is 16.4. The average molecular weight is 437 g/mol. The van der Waals surface area contributed by atoms with Gasteiger partial charge in [0.25, 0.3) is 0 Å². The average Bonchev–Trinajstić information content (AvgIpc) is 3.00. The van der Waals surface area contributed by atoms with Gasteiger partial charge in [-0.3, -0.25) is 4.90 Å². The first-order valence-corrected chi connectivity index (χ1v) is 11.3. The van der Waals surface area contributed by atoms with Crippen molar-refractivity contribution >= 4 is 22.5 Å². The van der Waals surface area contributed by atoms with Gasteiger partial charge >= 0.3 is 0 Å². The SMILES string of the molecule is COc1cccc2c(C#N)cn(CCCN3CCCN(Cc4ccccc4Cl)CC3)c12. The Balaban J connectivity index is 1.33. The van der Waals surface area contributed by atoms with Crippen LogP contribution in [0.25, 0.3) is 10.9 Å². The van der Waals surface area contributed by atoms with Gasteiger partial charge in [0.1, 0.15) is 11.8 Å². The number of benzene rings is 2. The van der Waals surface area contributed by atoms with Crippen molar-refractivity contribution in [2.75, 3.05) is 39.8 Å². The van der Waals surface area contributed by atoms with Gasteiger partial charge in [-0.2, -0.15) is 5.26 Å². The van der Waals surface area contributed by atoms with Gasteiger partial charge in [-0.05, 0) is 50.2 Å². The van der Waals surface area contributed by atoms with Crippen LogP contribution in [0.3, 0.4) is 0 Å². The predicted molar refractivity (Wildman–Crippen MR) is 126 cm³/mol. The fourth-order valence-corrected chi connectivity index (χ4v) is 4.69. The molecule has 0 aliphatic carbocycles. The van der Waals surface area contributed by atoms with E-state index in [1.165, 1.54) is 12.0 Å². The van der Waals surface area contributed by atoms with Crippen molar-refractivity contribution in [1.29, 1.82) is 5.26 Å². The van der Waals surface area contributed by atoms with Crippen LogP contribution in [0.5, 0.6) is 5.75 Å². The summed E-state index contributed by atoms with van der Waals surface area (Å²) in [6.45, 7) is 7.20. The second-order valence-corrected chi connectivity index (χ2v) is 8.53. The number of nitrogens with zero attached hydrogens (tertiary/aromatic N) is 4. The molecule has 2 heterocycles. The maximum atomic E-state index is 9.50. The topological polar surface area (TPSA) is 44.4 Å². The number of methoxy groups -OCH3 is 1. The Kier molecular flexibility index (Phi) is 7.14. The van der Waals surface area contributed by atoms with Gasteiger partial charge in [-0.15, -0.1) is 0 Å². The number of ether oxygens (including phenoxy) is 1. The zero-order valence-electron chi connectivity index (χ0n) is 18.1. The molecular formula is C25H29ClN4O. The van der Waals surface area contributed by atoms with E-state index in [0.717, 1.165) is 73.9 Å². The van der Waals surface area contributed by atoms with E-state index in [-0.39, 0.29) is 0 Å². The maximum absolute atomic E-state index is 9.50. The molecule has 162 valence electrons. The largest absolute Gasteiger partial charge is 0.495 e. The van der Waals surface area contributed by atoms with E-state index < -0.39 is 0 Å². The van der Waals surface area contributed by atoms with Crippen molar-refractivity contribution in [2.45, 2.75) is 25.9 Å². The lowest BCUT2D eigenvalue weighted by atomic mass is 10.2. The molecule has 0 N–H and O–H groups in total. The Morgan fingerprint density at radius 2 is 1.81 bits per heavy atom. The highest BCUT2D eigenvalue weighted by atomic mass is 35.5. The van der Waals surface area contributed by atoms with Gasteiger partial charge < -0.3 is 14.2 Å². The highest BCUT2D eigenvalue weighted by Gasteiger charge is 2.17. The molecule has 0 saturated carbocycles. The van der Waals surface area contributed by atoms with E-state index >= 15 is 0 Å². The molecule has 0 atom stereocenters. The molecule has 0 bridgehead atoms. The van der Waals surface area contributed by atoms with Gasteiger partial charge in [-0.25, -0.2) is 0 Å². The molecule has 4 rings (SSSR count). The molecular weight excluding hydrogens is 408 g/mol. The third-order valence-corrected chi connectivity index (χ3v) is 6.48. The Labute approximate surface area is 189 Å². The second kappa shape index (κ2) is 10.2. The van der Waals surface area contributed by atoms with Crippen LogP contribution in [0.2, 0.25) is 5.02 Å². The molecule has 1 saturated heterocycles. The summed E-state index contributed by atoms with van der Waals surface area (Å²) in [5, 5.41) is 11.3. The van der Waals surface area contributed by atoms with Crippen molar-refractivity contribution in [1.82, 2.24) is 14.4 Å². The highest BCUT2D eigenvalue weighted by Crippen LogP contribution is 2.29. The normalized spacial score (nSPS) is 15.6. The number of hydrogen-bond acceptors (Lipinski definition) is 4. The van der Waals surface area contributed by atoms with Crippen molar-refractivity contribution < 1.29 is 4.74 Å². The summed E-state index contributed by atoms with van der Waals surface area (Å²) < 4.78 is 7.73. The van der Waals surface area contributed by atoms with E-state index in [1.807, 2.05) is 36.5 Å². The van der Waals surface area contributed by atoms with E-state index in [1.54, 1.807) is 7.11 Å². The van der Waals surface area contributed by atoms with Crippen LogP contribution < -0.4 is 4.74 Å². The molecule has 0 spiro atoms. The fourth-order valence-electron chi connectivity index (χ4n) is 4.49. The number of nitriles is 1. The number of para-hydroxylation sites is 1. The van der Waals surface area contributed by atoms with Crippen LogP contribution in [0.15, 0.2) is 48.7 Å². The van der Waals surface area contributed by atoms with Gasteiger partial charge in [0.2, 0.25) is 0 Å². The maximum Gasteiger partial charge on any atom is 0.143 e. The van der Waals surface area contributed by atoms with Crippen LogP contribution in [0.1, 0.15) is 24.0 Å². The van der Waals surface area contributed by atoms with Crippen molar-refractivity contribution in [3.05, 3.63) is 64.8 Å². The number of rotatable bonds is 7. The lowest BCUT2D eigenvalue weighted by Crippen LogP contribution is -2.31. The Hall–Kier alpha value is -2.52. The molecule has 5 nitrogen and oxygen atoms in total. The molecule has 0 radical (unpaired) electrons. The lowest BCUT2D eigenvalue weighted by molar-refractivity contribution is 0.248. The zero-order valence-corrected chi connectivity index (χ0v) is 18.8. The van der Waals surface area contributed by atoms with Crippen LogP contribution >= 0.6 is 11.6 Å². The minimum Gasteiger partial charge on any atom is -0.495 e. The van der Waals surface area contributed by atoms with Crippen LogP contribution in [0.4, 0.5) is 0 Å². The van der Waals surface area contributed by atoms with Crippen LogP contribution in [0, 0.1) is 11.3 Å². The first-order chi connectivity index (χ1) is 15.2. The van der Waals surface area contributed by atoms with E-state index in [0.29, 0.717) is 5.56 Å². The standard InChI is InChI=1S/C25H29ClN4O/c1-31-24-10-4-8-22-21(17-27)19-30(25(22)24)14-6-12-28-11-5-13-29(16-15-28)18-20-7-2-3-9-23(20)26/h2-4,7-10,19H,5-6,11-16,18H2,1H3. The van der Waals surface area contributed by atoms with E-state index in [9.17, 15) is 5.26 Å². The molecule has 0 amide bonds. The van der Waals surface area contributed by atoms with Crippen LogP contribution in [-0.2, 0) is 13.1 Å². The summed E-state index contributed by atoms with van der Waals surface area (Å²) in [7, 11) is 1.68. The first-order valence-electron chi connectivity index (χ1n) is 10.9. The molecule has 31 heavy (non-hydrogen) atoms. The number of aromatic nitrogens is 1. The summed E-state index contributed by atoms with van der Waals surface area (Å²) in [4.78, 5) is 5.06. The third-order valence-electron chi connectivity index (χ3n) is 6.11. The third kappa shape index (κ3) is 5.04. The van der Waals surface area contributed by atoms with Gasteiger partial charge in [0.05, 0.1) is 18.2 Å². The first kappa shape index (κ1) is 21.7. The number of hydrogen-bond donors (Lipinski definition) is 0. The molecule has 1 aliphatic rings. The van der Waals surface area contributed by atoms with Gasteiger partial charge in [-0.1, -0.05) is 41.9 Å². The molecule has 0 unspecified atom stereocenters. The fraction of sp³-hybridized carbons (Fsp3) is 0.400. The smallest absolute Gasteiger partial charge is 0.143 e. The van der Waals surface area contributed by atoms with Crippen LogP contribution in [-0.4, -0.2) is 54.2 Å². The van der Waals surface area contributed by atoms with Gasteiger partial charge in [0, 0.05) is 42.8 Å². The second-order valence-electron chi connectivity index (χ2n) is 8.12. The van der Waals surface area contributed by atoms with Crippen molar-refractivity contribution in [3.63, 3.8) is 0 Å². The van der Waals surface area contributed by atoms with E-state index in [2.05, 4.69) is 32.6 Å². The minimum absolute atomic E-state index is 0.707. The van der Waals surface area contributed by atoms with Gasteiger partial charge in [0.15, 0.2) is 0 Å². The van der Waals surface area contributed by atoms with E-state index in [4.69, 9.17) is 16.3 Å². The highest BCUT2D eigenvalue weighted by molar-refractivity contribution is 6.31. The molecule has 1 aliphatic heterocycles. The summed E-state index contributed by atoms with van der Waals surface area (Å²) in [6.07, 6.45) is 4.17. The number of halogens is 1. The quantitative estimate of drug-likeness (QED) is 0.535.